The van der Waals surface area contributed by atoms with Gasteiger partial charge in [0, 0.05) is 43.0 Å². The molecule has 3 heterocycles. The molecule has 6 heteroatoms. The van der Waals surface area contributed by atoms with Crippen LogP contribution in [0.3, 0.4) is 0 Å². The van der Waals surface area contributed by atoms with E-state index in [2.05, 4.69) is 22.1 Å². The van der Waals surface area contributed by atoms with E-state index < -0.39 is 0 Å². The molecule has 25 heavy (non-hydrogen) atoms. The number of aromatic nitrogens is 2. The minimum Gasteiger partial charge on any atom is -0.454 e. The summed E-state index contributed by atoms with van der Waals surface area (Å²) >= 11 is 0. The van der Waals surface area contributed by atoms with E-state index in [1.807, 2.05) is 24.4 Å². The molecule has 0 radical (unpaired) electrons. The maximum atomic E-state index is 5.41. The zero-order valence-corrected chi connectivity index (χ0v) is 14.6. The van der Waals surface area contributed by atoms with Gasteiger partial charge in [0.05, 0.1) is 5.69 Å². The van der Waals surface area contributed by atoms with Crippen molar-refractivity contribution < 1.29 is 9.47 Å². The van der Waals surface area contributed by atoms with Crippen molar-refractivity contribution in [3.63, 3.8) is 0 Å². The van der Waals surface area contributed by atoms with Crippen molar-refractivity contribution in [1.82, 2.24) is 14.9 Å². The van der Waals surface area contributed by atoms with Crippen LogP contribution in [-0.4, -0.2) is 34.8 Å². The average Bonchev–Trinajstić information content (AvgIpc) is 3.10. The number of nitrogens with zero attached hydrogens (tertiary/aromatic N) is 3. The quantitative estimate of drug-likeness (QED) is 0.812. The molecule has 0 spiro atoms. The molecule has 6 nitrogen and oxygen atoms in total. The minimum atomic E-state index is 0.281. The molecule has 0 unspecified atom stereocenters. The Kier molecular flexibility index (Phi) is 4.70. The number of anilines is 2. The minimum absolute atomic E-state index is 0.281. The topological polar surface area (TPSA) is 59.5 Å². The molecule has 0 amide bonds. The molecule has 2 aromatic rings. The Morgan fingerprint density at radius 2 is 2.12 bits per heavy atom. The predicted molar refractivity (Wildman–Crippen MR) is 96.4 cm³/mol. The van der Waals surface area contributed by atoms with Crippen molar-refractivity contribution >= 4 is 11.6 Å². The molecule has 0 fully saturated rings. The summed E-state index contributed by atoms with van der Waals surface area (Å²) in [4.78, 5) is 11.7. The van der Waals surface area contributed by atoms with Crippen LogP contribution in [0.4, 0.5) is 11.6 Å². The second kappa shape index (κ2) is 7.27. The van der Waals surface area contributed by atoms with Gasteiger partial charge in [-0.15, -0.1) is 0 Å². The highest BCUT2D eigenvalue weighted by molar-refractivity contribution is 5.60. The Balaban J connectivity index is 1.42. The number of fused-ring (bicyclic) bond motifs is 2. The molecule has 2 aliphatic rings. The van der Waals surface area contributed by atoms with Gasteiger partial charge in [0.15, 0.2) is 11.5 Å². The number of benzene rings is 1. The summed E-state index contributed by atoms with van der Waals surface area (Å²) in [6.07, 6.45) is 6.79. The zero-order chi connectivity index (χ0) is 17.1. The monoisotopic (exact) mass is 340 g/mol. The third kappa shape index (κ3) is 3.69. The predicted octanol–water partition coefficient (Wildman–Crippen LogP) is 3.50. The molecule has 4 rings (SSSR count). The number of unbranched alkanes of at least 4 members (excludes halogenated alkanes) is 2. The molecule has 1 N–H and O–H groups in total. The van der Waals surface area contributed by atoms with Gasteiger partial charge < -0.3 is 14.8 Å². The molecule has 1 aromatic heterocycles. The summed E-state index contributed by atoms with van der Waals surface area (Å²) in [6.45, 7) is 5.74. The summed E-state index contributed by atoms with van der Waals surface area (Å²) in [5, 5.41) is 3.27. The first kappa shape index (κ1) is 16.1. The molecule has 132 valence electrons. The Morgan fingerprint density at radius 1 is 1.20 bits per heavy atom. The molecular formula is C19H24N4O2. The molecule has 0 aliphatic carbocycles. The average molecular weight is 340 g/mol. The highest BCUT2D eigenvalue weighted by atomic mass is 16.7. The summed E-state index contributed by atoms with van der Waals surface area (Å²) in [7, 11) is 0. The molecule has 2 aliphatic heterocycles. The van der Waals surface area contributed by atoms with E-state index in [-0.39, 0.29) is 6.79 Å². The molecule has 0 saturated carbocycles. The third-order valence-corrected chi connectivity index (χ3v) is 4.72. The summed E-state index contributed by atoms with van der Waals surface area (Å²) in [5.41, 5.74) is 3.31. The molecule has 0 atom stereocenters. The molecule has 0 saturated heterocycles. The fourth-order valence-electron chi connectivity index (χ4n) is 3.31. The van der Waals surface area contributed by atoms with Gasteiger partial charge in [0.2, 0.25) is 12.7 Å². The van der Waals surface area contributed by atoms with Crippen LogP contribution >= 0.6 is 0 Å². The largest absolute Gasteiger partial charge is 0.454 e. The van der Waals surface area contributed by atoms with Crippen molar-refractivity contribution in [2.24, 2.45) is 0 Å². The SMILES string of the molecule is CCCCCN1CCc2nc(Nc3ccc4c(c3)OCO4)ncc2C1. The van der Waals surface area contributed by atoms with Gasteiger partial charge >= 0.3 is 0 Å². The zero-order valence-electron chi connectivity index (χ0n) is 14.6. The van der Waals surface area contributed by atoms with Crippen molar-refractivity contribution in [2.75, 3.05) is 25.2 Å². The van der Waals surface area contributed by atoms with Crippen molar-refractivity contribution in [3.8, 4) is 11.5 Å². The van der Waals surface area contributed by atoms with Gasteiger partial charge in [-0.25, -0.2) is 9.97 Å². The Labute approximate surface area is 148 Å². The third-order valence-electron chi connectivity index (χ3n) is 4.72. The fraction of sp³-hybridized carbons (Fsp3) is 0.474. The van der Waals surface area contributed by atoms with E-state index in [0.717, 1.165) is 42.4 Å². The second-order valence-corrected chi connectivity index (χ2v) is 6.59. The maximum absolute atomic E-state index is 5.41. The van der Waals surface area contributed by atoms with E-state index in [1.165, 1.54) is 31.4 Å². The lowest BCUT2D eigenvalue weighted by Crippen LogP contribution is -2.32. The van der Waals surface area contributed by atoms with Crippen LogP contribution in [0, 0.1) is 0 Å². The summed E-state index contributed by atoms with van der Waals surface area (Å²) in [5.74, 6) is 2.17. The highest BCUT2D eigenvalue weighted by Crippen LogP contribution is 2.34. The van der Waals surface area contributed by atoms with Crippen LogP contribution in [0.2, 0.25) is 0 Å². The smallest absolute Gasteiger partial charge is 0.231 e. The van der Waals surface area contributed by atoms with Crippen LogP contribution in [-0.2, 0) is 13.0 Å². The lowest BCUT2D eigenvalue weighted by molar-refractivity contribution is 0.174. The van der Waals surface area contributed by atoms with Crippen LogP contribution in [0.1, 0.15) is 37.4 Å². The van der Waals surface area contributed by atoms with Gasteiger partial charge in [-0.1, -0.05) is 19.8 Å². The number of hydrogen-bond donors (Lipinski definition) is 1. The first-order valence-electron chi connectivity index (χ1n) is 9.05. The molecule has 1 aromatic carbocycles. The number of ether oxygens (including phenoxy) is 2. The summed E-state index contributed by atoms with van der Waals surface area (Å²) in [6, 6.07) is 5.77. The second-order valence-electron chi connectivity index (χ2n) is 6.59. The summed E-state index contributed by atoms with van der Waals surface area (Å²) < 4.78 is 10.7. The first-order valence-corrected chi connectivity index (χ1v) is 9.05. The Morgan fingerprint density at radius 3 is 3.04 bits per heavy atom. The van der Waals surface area contributed by atoms with Crippen molar-refractivity contribution in [1.29, 1.82) is 0 Å². The van der Waals surface area contributed by atoms with Gasteiger partial charge in [0.25, 0.3) is 0 Å². The number of hydrogen-bond acceptors (Lipinski definition) is 6. The van der Waals surface area contributed by atoms with Crippen LogP contribution in [0.5, 0.6) is 11.5 Å². The van der Waals surface area contributed by atoms with Crippen LogP contribution in [0.25, 0.3) is 0 Å². The number of nitrogens with one attached hydrogen (secondary N) is 1. The normalized spacial score (nSPS) is 15.9. The lowest BCUT2D eigenvalue weighted by atomic mass is 10.1. The van der Waals surface area contributed by atoms with E-state index >= 15 is 0 Å². The van der Waals surface area contributed by atoms with Gasteiger partial charge in [-0.05, 0) is 25.1 Å². The maximum Gasteiger partial charge on any atom is 0.231 e. The van der Waals surface area contributed by atoms with Crippen molar-refractivity contribution in [3.05, 3.63) is 35.7 Å². The van der Waals surface area contributed by atoms with Gasteiger partial charge in [0.1, 0.15) is 0 Å². The fourth-order valence-corrected chi connectivity index (χ4v) is 3.31. The standard InChI is InChI=1S/C19H24N4O2/c1-2-3-4-8-23-9-7-16-14(12-23)11-20-19(22-16)21-15-5-6-17-18(10-15)25-13-24-17/h5-6,10-11H,2-4,7-9,12-13H2,1H3,(H,20,21,22). The highest BCUT2D eigenvalue weighted by Gasteiger charge is 2.18. The lowest BCUT2D eigenvalue weighted by Gasteiger charge is -2.28. The van der Waals surface area contributed by atoms with E-state index in [4.69, 9.17) is 14.5 Å². The van der Waals surface area contributed by atoms with Crippen LogP contribution in [0.15, 0.2) is 24.4 Å². The Hall–Kier alpha value is -2.34. The Bertz CT molecular complexity index is 750. The molecular weight excluding hydrogens is 316 g/mol. The van der Waals surface area contributed by atoms with E-state index in [1.54, 1.807) is 0 Å². The van der Waals surface area contributed by atoms with Crippen LogP contribution < -0.4 is 14.8 Å². The molecule has 0 bridgehead atoms. The van der Waals surface area contributed by atoms with E-state index in [0.29, 0.717) is 5.95 Å². The number of rotatable bonds is 6. The van der Waals surface area contributed by atoms with Crippen molar-refractivity contribution in [2.45, 2.75) is 39.2 Å². The van der Waals surface area contributed by atoms with E-state index in [9.17, 15) is 0 Å². The first-order chi connectivity index (χ1) is 12.3. The van der Waals surface area contributed by atoms with Gasteiger partial charge in [-0.2, -0.15) is 0 Å². The van der Waals surface area contributed by atoms with Gasteiger partial charge in [-0.3, -0.25) is 4.90 Å².